The minimum Gasteiger partial charge on any atom is -0.462 e. The van der Waals surface area contributed by atoms with Crippen LogP contribution in [0.25, 0.3) is 17.2 Å². The molecule has 1 spiro atoms. The molecule has 5 rings (SSSR count). The summed E-state index contributed by atoms with van der Waals surface area (Å²) in [7, 11) is 0. The fraction of sp³-hybridized carbons (Fsp3) is 0.400. The molecule has 2 aromatic rings. The fourth-order valence-corrected chi connectivity index (χ4v) is 5.86. The number of benzene rings is 1. The van der Waals surface area contributed by atoms with Gasteiger partial charge in [0.1, 0.15) is 11.9 Å². The number of nitrogens with one attached hydrogen (secondary N) is 1. The number of fused-ring (bicyclic) bond motifs is 1. The van der Waals surface area contributed by atoms with Crippen LogP contribution < -0.4 is 5.32 Å². The first-order chi connectivity index (χ1) is 15.2. The van der Waals surface area contributed by atoms with Crippen LogP contribution in [0.1, 0.15) is 32.4 Å². The van der Waals surface area contributed by atoms with Gasteiger partial charge >= 0.3 is 5.97 Å². The minimum atomic E-state index is -1.96. The molecule has 2 saturated heterocycles. The summed E-state index contributed by atoms with van der Waals surface area (Å²) in [6, 6.07) is 9.96. The van der Waals surface area contributed by atoms with Gasteiger partial charge in [-0.15, -0.1) is 0 Å². The van der Waals surface area contributed by atoms with E-state index < -0.39 is 35.1 Å². The van der Waals surface area contributed by atoms with E-state index in [1.54, 1.807) is 19.2 Å². The number of halogens is 2. The molecule has 1 unspecified atom stereocenters. The molecule has 3 fully saturated rings. The normalized spacial score (nSPS) is 36.0. The van der Waals surface area contributed by atoms with Crippen molar-refractivity contribution in [3.8, 4) is 11.1 Å². The molecule has 1 aromatic heterocycles. The maximum atomic E-state index is 15.8. The molecule has 1 aliphatic carbocycles. The zero-order valence-corrected chi connectivity index (χ0v) is 17.8. The number of piperidine rings is 1. The Bertz CT molecular complexity index is 1120. The Morgan fingerprint density at radius 3 is 2.72 bits per heavy atom. The standard InChI is InChI=1S/C25H24F2N2O3/c1-14-20(9-8-19-7-6-17(12-28-19)16-4-3-5-18(26)10-16)22-15(2)32-23(31)24(22)11-21(30)29-25(14,27)13-24/h3-10,12,14-15,20,22H,11,13H2,1-2H3,(H,29,30)/b9-8+/t14-,15+,20-,22-,24+,25?/m0/s1. The van der Waals surface area contributed by atoms with E-state index in [1.165, 1.54) is 12.1 Å². The SMILES string of the molecule is C[C@H]1OC(=O)[C@]23CC(=O)NC(F)(C2)[C@@H](C)[C@H](/C=C/c2ccc(-c4cccc(F)c4)cn2)[C@H]13. The van der Waals surface area contributed by atoms with Gasteiger partial charge in [-0.2, -0.15) is 0 Å². The minimum absolute atomic E-state index is 0.0499. The molecule has 1 aromatic carbocycles. The van der Waals surface area contributed by atoms with Crippen LogP contribution >= 0.6 is 0 Å². The van der Waals surface area contributed by atoms with E-state index in [-0.39, 0.29) is 30.5 Å². The van der Waals surface area contributed by atoms with Crippen LogP contribution in [-0.2, 0) is 14.3 Å². The number of pyridine rings is 1. The van der Waals surface area contributed by atoms with Crippen molar-refractivity contribution >= 4 is 18.0 Å². The summed E-state index contributed by atoms with van der Waals surface area (Å²) in [5, 5.41) is 2.48. The summed E-state index contributed by atoms with van der Waals surface area (Å²) in [4.78, 5) is 29.4. The molecule has 0 radical (unpaired) electrons. The lowest BCUT2D eigenvalue weighted by atomic mass is 9.53. The summed E-state index contributed by atoms with van der Waals surface area (Å²) in [5.74, 6) is -4.34. The van der Waals surface area contributed by atoms with Gasteiger partial charge in [-0.25, -0.2) is 8.78 Å². The number of hydrogen-bond acceptors (Lipinski definition) is 4. The van der Waals surface area contributed by atoms with Crippen molar-refractivity contribution < 1.29 is 23.1 Å². The highest BCUT2D eigenvalue weighted by atomic mass is 19.1. The largest absolute Gasteiger partial charge is 0.462 e. The van der Waals surface area contributed by atoms with Gasteiger partial charge in [0.25, 0.3) is 0 Å². The summed E-state index contributed by atoms with van der Waals surface area (Å²) >= 11 is 0. The topological polar surface area (TPSA) is 68.3 Å². The molecule has 1 amide bonds. The Morgan fingerprint density at radius 2 is 2.00 bits per heavy atom. The van der Waals surface area contributed by atoms with Crippen molar-refractivity contribution in [2.24, 2.45) is 23.2 Å². The molecular formula is C25H24F2N2O3. The predicted octanol–water partition coefficient (Wildman–Crippen LogP) is 4.29. The van der Waals surface area contributed by atoms with Crippen molar-refractivity contribution in [2.75, 3.05) is 0 Å². The summed E-state index contributed by atoms with van der Waals surface area (Å²) in [6.45, 7) is 3.58. The van der Waals surface area contributed by atoms with Gasteiger partial charge in [-0.3, -0.25) is 14.6 Å². The second-order valence-electron chi connectivity index (χ2n) is 9.26. The highest BCUT2D eigenvalue weighted by Gasteiger charge is 2.70. The van der Waals surface area contributed by atoms with E-state index in [0.29, 0.717) is 5.69 Å². The lowest BCUT2D eigenvalue weighted by Crippen LogP contribution is -2.67. The van der Waals surface area contributed by atoms with Gasteiger partial charge in [0, 0.05) is 36.4 Å². The van der Waals surface area contributed by atoms with E-state index in [4.69, 9.17) is 4.74 Å². The van der Waals surface area contributed by atoms with Crippen LogP contribution in [-0.4, -0.2) is 28.8 Å². The van der Waals surface area contributed by atoms with E-state index in [2.05, 4.69) is 10.3 Å². The van der Waals surface area contributed by atoms with Gasteiger partial charge in [0.15, 0.2) is 5.79 Å². The lowest BCUT2D eigenvalue weighted by molar-refractivity contribution is -0.171. The van der Waals surface area contributed by atoms with E-state index in [0.717, 1.165) is 11.1 Å². The average molecular weight is 438 g/mol. The van der Waals surface area contributed by atoms with E-state index in [1.807, 2.05) is 37.3 Å². The maximum absolute atomic E-state index is 15.8. The number of esters is 1. The van der Waals surface area contributed by atoms with Crippen molar-refractivity contribution in [1.29, 1.82) is 0 Å². The summed E-state index contributed by atoms with van der Waals surface area (Å²) in [6.07, 6.45) is 4.86. The number of allylic oxidation sites excluding steroid dienone is 1. The smallest absolute Gasteiger partial charge is 0.313 e. The summed E-state index contributed by atoms with van der Waals surface area (Å²) < 4.78 is 34.8. The van der Waals surface area contributed by atoms with Gasteiger partial charge < -0.3 is 10.1 Å². The molecule has 166 valence electrons. The number of carbonyl (C=O) groups is 2. The van der Waals surface area contributed by atoms with Crippen LogP contribution in [0.5, 0.6) is 0 Å². The third kappa shape index (κ3) is 3.14. The number of nitrogens with zero attached hydrogens (tertiary/aromatic N) is 1. The molecule has 6 atom stereocenters. The van der Waals surface area contributed by atoms with Crippen molar-refractivity contribution in [3.63, 3.8) is 0 Å². The molecule has 3 aliphatic rings. The summed E-state index contributed by atoms with van der Waals surface area (Å²) in [5.41, 5.74) is 1.05. The Balaban J connectivity index is 1.45. The number of rotatable bonds is 3. The molecule has 32 heavy (non-hydrogen) atoms. The number of ether oxygens (including phenoxy) is 1. The van der Waals surface area contributed by atoms with E-state index in [9.17, 15) is 14.0 Å². The number of cyclic esters (lactones) is 1. The molecule has 5 nitrogen and oxygen atoms in total. The first-order valence-corrected chi connectivity index (χ1v) is 10.8. The molecule has 2 bridgehead atoms. The first kappa shape index (κ1) is 20.8. The molecule has 1 N–H and O–H groups in total. The van der Waals surface area contributed by atoms with Gasteiger partial charge in [0.2, 0.25) is 5.91 Å². The molecule has 1 saturated carbocycles. The number of hydrogen-bond donors (Lipinski definition) is 1. The van der Waals surface area contributed by atoms with Crippen molar-refractivity contribution in [1.82, 2.24) is 10.3 Å². The maximum Gasteiger partial charge on any atom is 0.313 e. The molecule has 7 heteroatoms. The lowest BCUT2D eigenvalue weighted by Gasteiger charge is -2.53. The van der Waals surface area contributed by atoms with Gasteiger partial charge in [-0.05, 0) is 42.7 Å². The zero-order chi connectivity index (χ0) is 22.7. The second-order valence-corrected chi connectivity index (χ2v) is 9.26. The average Bonchev–Trinajstić information content (AvgIpc) is 2.96. The number of alkyl halides is 1. The van der Waals surface area contributed by atoms with Crippen LogP contribution in [0.4, 0.5) is 8.78 Å². The Kier molecular flexibility index (Phi) is 4.69. The fourth-order valence-electron chi connectivity index (χ4n) is 5.86. The van der Waals surface area contributed by atoms with Crippen LogP contribution in [0.15, 0.2) is 48.7 Å². The van der Waals surface area contributed by atoms with Crippen LogP contribution in [0.2, 0.25) is 0 Å². The van der Waals surface area contributed by atoms with Crippen LogP contribution in [0, 0.1) is 29.0 Å². The van der Waals surface area contributed by atoms with Gasteiger partial charge in [0.05, 0.1) is 11.1 Å². The number of amides is 1. The first-order valence-electron chi connectivity index (χ1n) is 10.8. The highest BCUT2D eigenvalue weighted by Crippen LogP contribution is 2.61. The Labute approximate surface area is 184 Å². The number of carbonyl (C=O) groups excluding carboxylic acids is 2. The second kappa shape index (κ2) is 7.22. The Morgan fingerprint density at radius 1 is 1.19 bits per heavy atom. The molecular weight excluding hydrogens is 414 g/mol. The monoisotopic (exact) mass is 438 g/mol. The van der Waals surface area contributed by atoms with Crippen molar-refractivity contribution in [3.05, 3.63) is 60.2 Å². The molecule has 2 aliphatic heterocycles. The Hall–Kier alpha value is -3.09. The predicted molar refractivity (Wildman–Crippen MR) is 114 cm³/mol. The third-order valence-corrected chi connectivity index (χ3v) is 7.39. The van der Waals surface area contributed by atoms with Crippen molar-refractivity contribution in [2.45, 2.75) is 38.6 Å². The van der Waals surface area contributed by atoms with E-state index >= 15 is 4.39 Å². The highest BCUT2D eigenvalue weighted by molar-refractivity contribution is 5.90. The molecule has 3 heterocycles. The quantitative estimate of drug-likeness (QED) is 0.574. The van der Waals surface area contributed by atoms with Crippen LogP contribution in [0.3, 0.4) is 0 Å². The number of aromatic nitrogens is 1. The third-order valence-electron chi connectivity index (χ3n) is 7.39. The zero-order valence-electron chi connectivity index (χ0n) is 17.8. The van der Waals surface area contributed by atoms with Gasteiger partial charge in [-0.1, -0.05) is 31.2 Å².